The molecule has 0 radical (unpaired) electrons. The van der Waals surface area contributed by atoms with Crippen molar-refractivity contribution in [3.63, 3.8) is 0 Å². The molecule has 1 N–H and O–H groups in total. The maximum Gasteiger partial charge on any atom is 0.0853 e. The van der Waals surface area contributed by atoms with Crippen molar-refractivity contribution < 1.29 is 5.11 Å². The fraction of sp³-hybridized carbons (Fsp3) is 0.667. The number of nitrogens with zero attached hydrogens (tertiary/aromatic N) is 1. The van der Waals surface area contributed by atoms with E-state index >= 15 is 0 Å². The van der Waals surface area contributed by atoms with Gasteiger partial charge in [-0.15, -0.1) is 0 Å². The number of hydrogen-bond donors (Lipinski definition) is 1. The molecule has 0 saturated carbocycles. The van der Waals surface area contributed by atoms with Crippen molar-refractivity contribution in [3.05, 3.63) is 35.9 Å². The number of aliphatic hydroxyl groups excluding tert-OH is 1. The SMILES string of the molecule is CC1CCCN(CC(C)(C)C(O)c2ccccc2)CC1. The molecule has 0 aromatic heterocycles. The molecular weight excluding hydrogens is 246 g/mol. The third-order valence-electron chi connectivity index (χ3n) is 4.60. The molecular formula is C18H29NO. The van der Waals surface area contributed by atoms with Gasteiger partial charge in [0.25, 0.3) is 0 Å². The summed E-state index contributed by atoms with van der Waals surface area (Å²) in [5.74, 6) is 0.849. The van der Waals surface area contributed by atoms with Crippen LogP contribution in [0, 0.1) is 11.3 Å². The van der Waals surface area contributed by atoms with Crippen LogP contribution < -0.4 is 0 Å². The monoisotopic (exact) mass is 275 g/mol. The Labute approximate surface area is 123 Å². The van der Waals surface area contributed by atoms with Gasteiger partial charge in [-0.1, -0.05) is 51.1 Å². The molecule has 2 rings (SSSR count). The summed E-state index contributed by atoms with van der Waals surface area (Å²) in [5.41, 5.74) is 0.912. The lowest BCUT2D eigenvalue weighted by Gasteiger charge is -2.36. The first kappa shape index (κ1) is 15.5. The molecule has 2 nitrogen and oxygen atoms in total. The predicted octanol–water partition coefficient (Wildman–Crippen LogP) is 3.87. The van der Waals surface area contributed by atoms with E-state index in [1.54, 1.807) is 0 Å². The van der Waals surface area contributed by atoms with E-state index in [4.69, 9.17) is 0 Å². The number of rotatable bonds is 4. The third kappa shape index (κ3) is 4.07. The van der Waals surface area contributed by atoms with E-state index in [0.717, 1.165) is 18.0 Å². The molecule has 1 aromatic carbocycles. The Bertz CT molecular complexity index is 401. The fourth-order valence-corrected chi connectivity index (χ4v) is 3.23. The Kier molecular flexibility index (Phi) is 5.22. The van der Waals surface area contributed by atoms with Crippen molar-refractivity contribution >= 4 is 0 Å². The Balaban J connectivity index is 1.99. The molecule has 1 aliphatic heterocycles. The molecule has 2 unspecified atom stereocenters. The van der Waals surface area contributed by atoms with Crippen LogP contribution >= 0.6 is 0 Å². The molecule has 0 aliphatic carbocycles. The Morgan fingerprint density at radius 3 is 2.60 bits per heavy atom. The Morgan fingerprint density at radius 1 is 1.20 bits per heavy atom. The minimum absolute atomic E-state index is 0.116. The zero-order valence-corrected chi connectivity index (χ0v) is 13.2. The van der Waals surface area contributed by atoms with E-state index in [-0.39, 0.29) is 5.41 Å². The van der Waals surface area contributed by atoms with E-state index in [1.807, 2.05) is 30.3 Å². The summed E-state index contributed by atoms with van der Waals surface area (Å²) >= 11 is 0. The number of benzene rings is 1. The second kappa shape index (κ2) is 6.73. The molecule has 1 aliphatic rings. The van der Waals surface area contributed by atoms with E-state index < -0.39 is 6.10 Å². The molecule has 20 heavy (non-hydrogen) atoms. The van der Waals surface area contributed by atoms with E-state index in [0.29, 0.717) is 0 Å². The van der Waals surface area contributed by atoms with Crippen molar-refractivity contribution in [2.45, 2.75) is 46.1 Å². The molecule has 1 heterocycles. The van der Waals surface area contributed by atoms with Gasteiger partial charge in [-0.25, -0.2) is 0 Å². The number of likely N-dealkylation sites (tertiary alicyclic amines) is 1. The highest BCUT2D eigenvalue weighted by Gasteiger charge is 2.31. The van der Waals surface area contributed by atoms with E-state index in [1.165, 1.54) is 32.4 Å². The molecule has 2 atom stereocenters. The van der Waals surface area contributed by atoms with Crippen LogP contribution in [0.3, 0.4) is 0 Å². The summed E-state index contributed by atoms with van der Waals surface area (Å²) in [7, 11) is 0. The Hall–Kier alpha value is -0.860. The summed E-state index contributed by atoms with van der Waals surface area (Å²) in [6.07, 6.45) is 3.53. The summed E-state index contributed by atoms with van der Waals surface area (Å²) in [4.78, 5) is 2.54. The van der Waals surface area contributed by atoms with Crippen LogP contribution in [0.4, 0.5) is 0 Å². The van der Waals surface area contributed by atoms with Crippen molar-refractivity contribution in [1.29, 1.82) is 0 Å². The highest BCUT2D eigenvalue weighted by atomic mass is 16.3. The molecule has 1 saturated heterocycles. The summed E-state index contributed by atoms with van der Waals surface area (Å²) in [6.45, 7) is 10.0. The second-order valence-corrected chi connectivity index (χ2v) is 7.11. The van der Waals surface area contributed by atoms with Gasteiger partial charge < -0.3 is 10.0 Å². The average Bonchev–Trinajstić information content (AvgIpc) is 2.63. The fourth-order valence-electron chi connectivity index (χ4n) is 3.23. The van der Waals surface area contributed by atoms with Gasteiger partial charge in [0.2, 0.25) is 0 Å². The maximum atomic E-state index is 10.7. The lowest BCUT2D eigenvalue weighted by atomic mass is 9.82. The quantitative estimate of drug-likeness (QED) is 0.901. The standard InChI is InChI=1S/C18H29NO/c1-15-8-7-12-19(13-11-15)14-18(2,3)17(20)16-9-5-4-6-10-16/h4-6,9-10,15,17,20H,7-8,11-14H2,1-3H3. The normalized spacial score (nSPS) is 23.3. The number of aliphatic hydroxyl groups is 1. The maximum absolute atomic E-state index is 10.7. The molecule has 1 aromatic rings. The minimum atomic E-state index is -0.399. The van der Waals surface area contributed by atoms with Gasteiger partial charge in [-0.2, -0.15) is 0 Å². The molecule has 112 valence electrons. The summed E-state index contributed by atoms with van der Waals surface area (Å²) in [6, 6.07) is 10.1. The topological polar surface area (TPSA) is 23.5 Å². The first-order chi connectivity index (χ1) is 9.49. The van der Waals surface area contributed by atoms with Gasteiger partial charge in [-0.05, 0) is 43.8 Å². The van der Waals surface area contributed by atoms with Crippen molar-refractivity contribution in [2.24, 2.45) is 11.3 Å². The first-order valence-electron chi connectivity index (χ1n) is 7.94. The average molecular weight is 275 g/mol. The van der Waals surface area contributed by atoms with Crippen LogP contribution in [0.5, 0.6) is 0 Å². The first-order valence-corrected chi connectivity index (χ1v) is 7.94. The smallest absolute Gasteiger partial charge is 0.0853 e. The van der Waals surface area contributed by atoms with Crippen molar-refractivity contribution in [1.82, 2.24) is 4.90 Å². The van der Waals surface area contributed by atoms with E-state index in [9.17, 15) is 5.11 Å². The zero-order valence-electron chi connectivity index (χ0n) is 13.2. The van der Waals surface area contributed by atoms with Crippen LogP contribution in [-0.2, 0) is 0 Å². The van der Waals surface area contributed by atoms with Crippen LogP contribution in [0.1, 0.15) is 51.7 Å². The van der Waals surface area contributed by atoms with Gasteiger partial charge in [0, 0.05) is 12.0 Å². The second-order valence-electron chi connectivity index (χ2n) is 7.11. The van der Waals surface area contributed by atoms with Crippen molar-refractivity contribution in [3.8, 4) is 0 Å². The van der Waals surface area contributed by atoms with Gasteiger partial charge >= 0.3 is 0 Å². The molecule has 0 spiro atoms. The highest BCUT2D eigenvalue weighted by Crippen LogP contribution is 2.34. The summed E-state index contributed by atoms with van der Waals surface area (Å²) < 4.78 is 0. The molecule has 0 bridgehead atoms. The van der Waals surface area contributed by atoms with Gasteiger partial charge in [0.15, 0.2) is 0 Å². The predicted molar refractivity (Wildman–Crippen MR) is 84.6 cm³/mol. The van der Waals surface area contributed by atoms with Gasteiger partial charge in [-0.3, -0.25) is 0 Å². The lowest BCUT2D eigenvalue weighted by molar-refractivity contribution is 0.0207. The van der Waals surface area contributed by atoms with Crippen LogP contribution in [-0.4, -0.2) is 29.6 Å². The third-order valence-corrected chi connectivity index (χ3v) is 4.60. The van der Waals surface area contributed by atoms with Gasteiger partial charge in [0.1, 0.15) is 0 Å². The Morgan fingerprint density at radius 2 is 1.90 bits per heavy atom. The van der Waals surface area contributed by atoms with Crippen LogP contribution in [0.15, 0.2) is 30.3 Å². The molecule has 2 heteroatoms. The molecule has 1 fully saturated rings. The van der Waals surface area contributed by atoms with Crippen LogP contribution in [0.25, 0.3) is 0 Å². The molecule has 0 amide bonds. The number of hydrogen-bond acceptors (Lipinski definition) is 2. The largest absolute Gasteiger partial charge is 0.388 e. The highest BCUT2D eigenvalue weighted by molar-refractivity contribution is 5.19. The minimum Gasteiger partial charge on any atom is -0.388 e. The zero-order chi connectivity index (χ0) is 14.6. The van der Waals surface area contributed by atoms with Crippen LogP contribution in [0.2, 0.25) is 0 Å². The van der Waals surface area contributed by atoms with Crippen molar-refractivity contribution in [2.75, 3.05) is 19.6 Å². The lowest BCUT2D eigenvalue weighted by Crippen LogP contribution is -2.38. The summed E-state index contributed by atoms with van der Waals surface area (Å²) in [5, 5.41) is 10.7. The van der Waals surface area contributed by atoms with E-state index in [2.05, 4.69) is 25.7 Å². The van der Waals surface area contributed by atoms with Gasteiger partial charge in [0.05, 0.1) is 6.10 Å².